The topological polar surface area (TPSA) is 22.2 Å². The van der Waals surface area contributed by atoms with E-state index < -0.39 is 17.6 Å². The molecule has 0 unspecified atom stereocenters. The van der Waals surface area contributed by atoms with Gasteiger partial charge in [-0.2, -0.15) is 0 Å². The summed E-state index contributed by atoms with van der Waals surface area (Å²) in [4.78, 5) is 10.5. The van der Waals surface area contributed by atoms with Gasteiger partial charge in [-0.15, -0.1) is 0 Å². The maximum absolute atomic E-state index is 7.09. The normalized spacial score (nSPS) is 14.1. The number of anilines is 8. The summed E-state index contributed by atoms with van der Waals surface area (Å²) in [6.07, 6.45) is 6.43. The van der Waals surface area contributed by atoms with Crippen LogP contribution in [0, 0.1) is 31.1 Å². The van der Waals surface area contributed by atoms with E-state index in [-0.39, 0.29) is 21.7 Å². The Morgan fingerprint density at radius 3 is 1.12 bits per heavy atom. The van der Waals surface area contributed by atoms with Crippen molar-refractivity contribution in [3.8, 4) is 80.2 Å². The fraction of sp³-hybridized carbons (Fsp3) is 0.205. The van der Waals surface area contributed by atoms with Gasteiger partial charge < -0.3 is 0 Å². The SMILES string of the molecule is C#Cc1cccc(-c2c(C(C)(C)C)cc(C(C)(C)C)c3c2N2[C]4=[Pt]=[C]5N(c6cccc(c6)Oc6cccc(c6)N4c4ccccc42)c2ccccc2N5c2c(-c4cccc(C)c4)c(C(C)(C)C)cc(C(C)(C)C)c2-c2cccc(c2)C#Cc2cccc-3c2)c1. The molecule has 14 rings (SSSR count). The molecule has 10 bridgehead atoms. The zero-order valence-electron chi connectivity index (χ0n) is 53.2. The maximum atomic E-state index is 7.09. The van der Waals surface area contributed by atoms with Crippen LogP contribution in [0.2, 0.25) is 0 Å². The molecule has 4 heterocycles. The van der Waals surface area contributed by atoms with Gasteiger partial charge in [-0.3, -0.25) is 0 Å². The first kappa shape index (κ1) is 57.5. The van der Waals surface area contributed by atoms with Gasteiger partial charge in [-0.05, 0) is 0 Å². The summed E-state index contributed by atoms with van der Waals surface area (Å²) in [5.41, 5.74) is 25.3. The number of aryl methyl sites for hydroxylation is 1. The summed E-state index contributed by atoms with van der Waals surface area (Å²) in [6.45, 7) is 30.7. The van der Waals surface area contributed by atoms with Crippen LogP contribution in [-0.4, -0.2) is 8.29 Å². The first-order valence-corrected chi connectivity index (χ1v) is 33.2. The molecule has 89 heavy (non-hydrogen) atoms. The second-order valence-corrected chi connectivity index (χ2v) is 30.7. The predicted molar refractivity (Wildman–Crippen MR) is 372 cm³/mol. The summed E-state index contributed by atoms with van der Waals surface area (Å²) in [6, 6.07) is 76.6. The van der Waals surface area contributed by atoms with Crippen LogP contribution < -0.4 is 24.3 Å². The molecule has 0 radical (unpaired) electrons. The van der Waals surface area contributed by atoms with Gasteiger partial charge in [0.25, 0.3) is 0 Å². The third-order valence-corrected chi connectivity index (χ3v) is 20.5. The van der Waals surface area contributed by atoms with Crippen LogP contribution in [0.3, 0.4) is 0 Å². The number of rotatable bonds is 2. The Hall–Kier alpha value is -9.25. The van der Waals surface area contributed by atoms with Crippen molar-refractivity contribution in [2.45, 2.75) is 112 Å². The summed E-state index contributed by atoms with van der Waals surface area (Å²) in [5.74, 6) is 12.1. The summed E-state index contributed by atoms with van der Waals surface area (Å²) in [7, 11) is 0. The molecule has 442 valence electrons. The third kappa shape index (κ3) is 9.97. The number of hydrogen-bond donors (Lipinski definition) is 0. The number of hydrogen-bond acceptors (Lipinski definition) is 5. The Labute approximate surface area is 534 Å². The minimum absolute atomic E-state index is 0.299. The van der Waals surface area contributed by atoms with Gasteiger partial charge in [0, 0.05) is 0 Å². The van der Waals surface area contributed by atoms with Crippen molar-refractivity contribution in [3.63, 3.8) is 0 Å². The molecule has 6 heteroatoms. The Morgan fingerprint density at radius 2 is 0.730 bits per heavy atom. The van der Waals surface area contributed by atoms with Crippen LogP contribution >= 0.6 is 0 Å². The van der Waals surface area contributed by atoms with Gasteiger partial charge in [0.15, 0.2) is 0 Å². The summed E-state index contributed by atoms with van der Waals surface area (Å²) < 4.78 is 9.42. The van der Waals surface area contributed by atoms with E-state index >= 15 is 0 Å². The van der Waals surface area contributed by atoms with Crippen LogP contribution in [0.1, 0.15) is 128 Å². The first-order valence-electron chi connectivity index (χ1n) is 30.9. The molecule has 0 aliphatic carbocycles. The molecule has 0 saturated heterocycles. The van der Waals surface area contributed by atoms with Crippen molar-refractivity contribution in [1.29, 1.82) is 0 Å². The zero-order valence-corrected chi connectivity index (χ0v) is 55.5. The second kappa shape index (κ2) is 21.2. The second-order valence-electron chi connectivity index (χ2n) is 28.1. The van der Waals surface area contributed by atoms with E-state index in [2.05, 4.69) is 334 Å². The molecule has 4 aliphatic rings. The average molecular weight is 1340 g/mol. The molecule has 0 fully saturated rings. The van der Waals surface area contributed by atoms with Gasteiger partial charge >= 0.3 is 538 Å². The van der Waals surface area contributed by atoms with Gasteiger partial charge in [-0.1, -0.05) is 0 Å². The van der Waals surface area contributed by atoms with Crippen molar-refractivity contribution >= 4 is 53.8 Å². The predicted octanol–water partition coefficient (Wildman–Crippen LogP) is 21.2. The van der Waals surface area contributed by atoms with Crippen molar-refractivity contribution in [2.75, 3.05) is 19.6 Å². The van der Waals surface area contributed by atoms with Crippen LogP contribution in [0.5, 0.6) is 11.5 Å². The van der Waals surface area contributed by atoms with E-state index in [1.54, 1.807) is 0 Å². The first-order chi connectivity index (χ1) is 42.5. The quantitative estimate of drug-likeness (QED) is 0.160. The van der Waals surface area contributed by atoms with E-state index in [9.17, 15) is 0 Å². The molecule has 0 N–H and O–H groups in total. The van der Waals surface area contributed by atoms with Crippen LogP contribution in [0.25, 0.3) is 44.5 Å². The summed E-state index contributed by atoms with van der Waals surface area (Å²) in [5, 5.41) is 0. The fourth-order valence-corrected chi connectivity index (χ4v) is 17.0. The van der Waals surface area contributed by atoms with Gasteiger partial charge in [-0.25, -0.2) is 0 Å². The molecule has 5 nitrogen and oxygen atoms in total. The Kier molecular flexibility index (Phi) is 13.7. The van der Waals surface area contributed by atoms with Crippen molar-refractivity contribution in [1.82, 2.24) is 0 Å². The Balaban J connectivity index is 1.31. The van der Waals surface area contributed by atoms with E-state index in [1.807, 2.05) is 0 Å². The van der Waals surface area contributed by atoms with Crippen LogP contribution in [0.15, 0.2) is 206 Å². The van der Waals surface area contributed by atoms with E-state index in [0.29, 0.717) is 0 Å². The monoisotopic (exact) mass is 1340 g/mol. The molecule has 10 aromatic carbocycles. The molecule has 0 aromatic heterocycles. The molecular weight excluding hydrogens is 1260 g/mol. The minimum atomic E-state index is -1.42. The van der Waals surface area contributed by atoms with Crippen molar-refractivity contribution in [2.24, 2.45) is 0 Å². The van der Waals surface area contributed by atoms with Gasteiger partial charge in [0.1, 0.15) is 0 Å². The number of ether oxygens (including phenoxy) is 1. The molecule has 10 aromatic rings. The molecule has 0 spiro atoms. The number of para-hydroxylation sites is 4. The molecule has 4 aliphatic heterocycles. The molecular formula is C83H74N4OPt. The average Bonchev–Trinajstić information content (AvgIpc) is 1.68. The van der Waals surface area contributed by atoms with E-state index in [4.69, 9.17) is 11.2 Å². The van der Waals surface area contributed by atoms with Crippen molar-refractivity contribution in [3.05, 3.63) is 251 Å². The Bertz CT molecular complexity index is 4790. The number of terminal acetylenes is 1. The standard InChI is InChI=1S/C83H74N4O.Pt/c1-15-55-27-21-31-59(45-55)75-67(81(6,7)8)51-69(83(12,13)14)77-61-33-23-29-57(47-61)43-42-56-28-22-32-60(46-56)76-68(82(9,10)11)50-66(80(3,4)5)74(58-30-20-26-54(2)44-58)78(76)86-52-84(70-38-16-18-40-72(70)86)62-34-24-36-64(48-62)88-65-37-25-35-63(49-65)85-53-87(79(75)77)73-41-19-17-39-71(73)85;/h1,16-41,44-51H,2-14H3;. The van der Waals surface area contributed by atoms with Gasteiger partial charge in [0.05, 0.1) is 0 Å². The third-order valence-electron chi connectivity index (χ3n) is 17.5. The number of fused-ring (bicyclic) bond motifs is 22. The van der Waals surface area contributed by atoms with Crippen molar-refractivity contribution < 1.29 is 22.4 Å². The fourth-order valence-electron chi connectivity index (χ4n) is 13.4. The van der Waals surface area contributed by atoms with Crippen LogP contribution in [-0.2, 0) is 39.3 Å². The van der Waals surface area contributed by atoms with E-state index in [1.165, 1.54) is 48.7 Å². The molecule has 0 saturated carbocycles. The Morgan fingerprint density at radius 1 is 0.371 bits per heavy atom. The zero-order chi connectivity index (χ0) is 62.1. The van der Waals surface area contributed by atoms with Gasteiger partial charge in [0.2, 0.25) is 0 Å². The van der Waals surface area contributed by atoms with Crippen LogP contribution in [0.4, 0.5) is 45.5 Å². The molecule has 0 atom stereocenters. The van der Waals surface area contributed by atoms with E-state index in [0.717, 1.165) is 106 Å². The number of benzene rings is 10. The number of nitrogens with zero attached hydrogens (tertiary/aromatic N) is 4. The molecule has 0 amide bonds. The summed E-state index contributed by atoms with van der Waals surface area (Å²) >= 11 is -1.42.